The summed E-state index contributed by atoms with van der Waals surface area (Å²) in [5.41, 5.74) is -0.548. The molecule has 0 aromatic rings. The molecule has 0 spiro atoms. The first-order valence-electron chi connectivity index (χ1n) is 8.25. The van der Waals surface area contributed by atoms with Crippen molar-refractivity contribution in [2.24, 2.45) is 0 Å². The van der Waals surface area contributed by atoms with E-state index in [0.29, 0.717) is 25.9 Å². The van der Waals surface area contributed by atoms with Crippen LogP contribution >= 0.6 is 0 Å². The summed E-state index contributed by atoms with van der Waals surface area (Å²) in [6.45, 7) is 8.66. The molecule has 0 saturated heterocycles. The van der Waals surface area contributed by atoms with Crippen LogP contribution in [0.3, 0.4) is 0 Å². The molecular weight excluding hydrogens is 298 g/mol. The monoisotopic (exact) mass is 329 g/mol. The lowest BCUT2D eigenvalue weighted by molar-refractivity contribution is -0.121. The van der Waals surface area contributed by atoms with Gasteiger partial charge in [-0.15, -0.1) is 0 Å². The maximum Gasteiger partial charge on any atom is 0.407 e. The van der Waals surface area contributed by atoms with Crippen LogP contribution in [0.4, 0.5) is 4.79 Å². The van der Waals surface area contributed by atoms with Crippen molar-refractivity contribution in [1.29, 1.82) is 0 Å². The third kappa shape index (κ3) is 14.9. The van der Waals surface area contributed by atoms with E-state index in [1.165, 1.54) is 0 Å². The van der Waals surface area contributed by atoms with E-state index in [4.69, 9.17) is 4.74 Å². The molecule has 0 unspecified atom stereocenters. The van der Waals surface area contributed by atoms with E-state index >= 15 is 0 Å². The van der Waals surface area contributed by atoms with Crippen molar-refractivity contribution in [3.05, 3.63) is 0 Å². The molecule has 0 atom stereocenters. The van der Waals surface area contributed by atoms with E-state index in [2.05, 4.69) is 16.0 Å². The Morgan fingerprint density at radius 3 is 1.91 bits per heavy atom. The molecule has 7 nitrogen and oxygen atoms in total. The molecule has 0 bridgehead atoms. The van der Waals surface area contributed by atoms with Gasteiger partial charge in [-0.05, 0) is 33.6 Å². The van der Waals surface area contributed by atoms with Crippen molar-refractivity contribution in [2.75, 3.05) is 19.6 Å². The molecule has 0 fully saturated rings. The Morgan fingerprint density at radius 2 is 1.39 bits per heavy atom. The van der Waals surface area contributed by atoms with Crippen LogP contribution in [0.5, 0.6) is 0 Å². The quantitative estimate of drug-likeness (QED) is 0.532. The van der Waals surface area contributed by atoms with E-state index in [1.54, 1.807) is 20.8 Å². The second-order valence-corrected chi connectivity index (χ2v) is 6.34. The molecule has 0 aromatic heterocycles. The smallest absolute Gasteiger partial charge is 0.407 e. The molecule has 0 rings (SSSR count). The van der Waals surface area contributed by atoms with E-state index in [0.717, 1.165) is 12.8 Å². The number of carbonyl (C=O) groups excluding carboxylic acids is 3. The first-order valence-corrected chi connectivity index (χ1v) is 8.25. The van der Waals surface area contributed by atoms with Gasteiger partial charge >= 0.3 is 6.09 Å². The predicted octanol–water partition coefficient (Wildman–Crippen LogP) is 1.71. The molecule has 0 aliphatic rings. The number of nitrogens with one attached hydrogen (secondary N) is 3. The highest BCUT2D eigenvalue weighted by atomic mass is 16.6. The van der Waals surface area contributed by atoms with Gasteiger partial charge in [0.15, 0.2) is 0 Å². The van der Waals surface area contributed by atoms with Gasteiger partial charge in [-0.3, -0.25) is 9.59 Å². The molecule has 0 aromatic carbocycles. The molecule has 7 heteroatoms. The highest BCUT2D eigenvalue weighted by Crippen LogP contribution is 2.06. The minimum atomic E-state index is -0.548. The fourth-order valence-electron chi connectivity index (χ4n) is 1.65. The van der Waals surface area contributed by atoms with Gasteiger partial charge in [-0.2, -0.15) is 0 Å². The van der Waals surface area contributed by atoms with Crippen molar-refractivity contribution in [2.45, 2.75) is 65.4 Å². The van der Waals surface area contributed by atoms with Crippen LogP contribution in [0.1, 0.15) is 59.8 Å². The molecule has 23 heavy (non-hydrogen) atoms. The van der Waals surface area contributed by atoms with Gasteiger partial charge in [-0.25, -0.2) is 4.79 Å². The summed E-state index contributed by atoms with van der Waals surface area (Å²) in [7, 11) is 0. The van der Waals surface area contributed by atoms with Crippen LogP contribution in [0.15, 0.2) is 0 Å². The summed E-state index contributed by atoms with van der Waals surface area (Å²) in [4.78, 5) is 34.3. The Kier molecular flexibility index (Phi) is 10.8. The highest BCUT2D eigenvalue weighted by molar-refractivity contribution is 5.77. The van der Waals surface area contributed by atoms with Crippen LogP contribution in [0.2, 0.25) is 0 Å². The number of unbranched alkanes of at least 4 members (excludes halogenated alkanes) is 1. The fraction of sp³-hybridized carbons (Fsp3) is 0.812. The van der Waals surface area contributed by atoms with Gasteiger partial charge in [0.25, 0.3) is 0 Å². The Hall–Kier alpha value is -1.79. The second-order valence-electron chi connectivity index (χ2n) is 6.34. The number of carbonyl (C=O) groups is 3. The number of hydrogen-bond acceptors (Lipinski definition) is 4. The first kappa shape index (κ1) is 21.2. The van der Waals surface area contributed by atoms with Gasteiger partial charge in [0.05, 0.1) is 0 Å². The fourth-order valence-corrected chi connectivity index (χ4v) is 1.65. The normalized spacial score (nSPS) is 10.8. The molecule has 0 heterocycles. The van der Waals surface area contributed by atoms with Crippen LogP contribution in [-0.2, 0) is 14.3 Å². The van der Waals surface area contributed by atoms with Gasteiger partial charge < -0.3 is 20.7 Å². The Morgan fingerprint density at radius 1 is 0.826 bits per heavy atom. The largest absolute Gasteiger partial charge is 0.444 e. The van der Waals surface area contributed by atoms with Gasteiger partial charge in [0.2, 0.25) is 11.8 Å². The molecule has 0 aliphatic carbocycles. The number of hydrogen-bond donors (Lipinski definition) is 3. The van der Waals surface area contributed by atoms with E-state index in [-0.39, 0.29) is 24.8 Å². The van der Waals surface area contributed by atoms with Gasteiger partial charge in [-0.1, -0.05) is 13.3 Å². The Bertz CT molecular complexity index is 378. The zero-order chi connectivity index (χ0) is 17.7. The topological polar surface area (TPSA) is 96.5 Å². The lowest BCUT2D eigenvalue weighted by Gasteiger charge is -2.19. The molecule has 0 radical (unpaired) electrons. The number of alkyl carbamates (subject to hydrolysis) is 1. The molecule has 134 valence electrons. The zero-order valence-electron chi connectivity index (χ0n) is 14.8. The van der Waals surface area contributed by atoms with Crippen LogP contribution in [0, 0.1) is 0 Å². The van der Waals surface area contributed by atoms with Crippen molar-refractivity contribution < 1.29 is 19.1 Å². The van der Waals surface area contributed by atoms with Crippen molar-refractivity contribution in [3.63, 3.8) is 0 Å². The average Bonchev–Trinajstić information content (AvgIpc) is 2.42. The standard InChI is InChI=1S/C16H31N3O4/c1-5-6-8-13(20)17-10-7-11-18-14(21)9-12-19-15(22)23-16(2,3)4/h5-12H2,1-4H3,(H,17,20)(H,18,21)(H,19,22). The van der Waals surface area contributed by atoms with Crippen LogP contribution < -0.4 is 16.0 Å². The minimum absolute atomic E-state index is 0.0553. The summed E-state index contributed by atoms with van der Waals surface area (Å²) < 4.78 is 5.06. The second kappa shape index (κ2) is 11.7. The highest BCUT2D eigenvalue weighted by Gasteiger charge is 2.15. The Balaban J connectivity index is 3.54. The summed E-state index contributed by atoms with van der Waals surface area (Å²) in [5.74, 6) is -0.0851. The summed E-state index contributed by atoms with van der Waals surface area (Å²) >= 11 is 0. The molecule has 3 amide bonds. The first-order chi connectivity index (χ1) is 10.7. The molecule has 0 aliphatic heterocycles. The van der Waals surface area contributed by atoms with Gasteiger partial charge in [0.1, 0.15) is 5.60 Å². The molecular formula is C16H31N3O4. The minimum Gasteiger partial charge on any atom is -0.444 e. The number of amides is 3. The predicted molar refractivity (Wildman–Crippen MR) is 89.0 cm³/mol. The van der Waals surface area contributed by atoms with Crippen molar-refractivity contribution in [1.82, 2.24) is 16.0 Å². The molecule has 3 N–H and O–H groups in total. The third-order valence-electron chi connectivity index (χ3n) is 2.78. The van der Waals surface area contributed by atoms with Crippen LogP contribution in [0.25, 0.3) is 0 Å². The lowest BCUT2D eigenvalue weighted by Crippen LogP contribution is -2.35. The summed E-state index contributed by atoms with van der Waals surface area (Å²) in [5, 5.41) is 8.07. The van der Waals surface area contributed by atoms with E-state index < -0.39 is 11.7 Å². The SMILES string of the molecule is CCCCC(=O)NCCCNC(=O)CCNC(=O)OC(C)(C)C. The lowest BCUT2D eigenvalue weighted by atomic mass is 10.2. The van der Waals surface area contributed by atoms with Crippen molar-refractivity contribution in [3.8, 4) is 0 Å². The third-order valence-corrected chi connectivity index (χ3v) is 2.78. The summed E-state index contributed by atoms with van der Waals surface area (Å²) in [6, 6.07) is 0. The number of ether oxygens (including phenoxy) is 1. The van der Waals surface area contributed by atoms with Gasteiger partial charge in [0, 0.05) is 32.5 Å². The van der Waals surface area contributed by atoms with E-state index in [9.17, 15) is 14.4 Å². The maximum atomic E-state index is 11.6. The molecule has 0 saturated carbocycles. The van der Waals surface area contributed by atoms with Crippen LogP contribution in [-0.4, -0.2) is 43.1 Å². The zero-order valence-corrected chi connectivity index (χ0v) is 14.8. The summed E-state index contributed by atoms with van der Waals surface area (Å²) in [6.07, 6.45) is 2.80. The average molecular weight is 329 g/mol. The maximum absolute atomic E-state index is 11.6. The van der Waals surface area contributed by atoms with Crippen molar-refractivity contribution >= 4 is 17.9 Å². The van der Waals surface area contributed by atoms with E-state index in [1.807, 2.05) is 6.92 Å². The number of rotatable bonds is 10. The Labute approximate surface area is 138 Å².